The normalized spacial score (nSPS) is 16.9. The third kappa shape index (κ3) is 3.50. The molecule has 1 atom stereocenters. The minimum absolute atomic E-state index is 0.123. The summed E-state index contributed by atoms with van der Waals surface area (Å²) in [6.07, 6.45) is 0.331. The Bertz CT molecular complexity index is 464. The molecule has 0 fully saturated rings. The Kier molecular flexibility index (Phi) is 4.47. The molecule has 1 heterocycles. The van der Waals surface area contributed by atoms with Crippen molar-refractivity contribution in [3.63, 3.8) is 0 Å². The van der Waals surface area contributed by atoms with Crippen molar-refractivity contribution in [1.29, 1.82) is 0 Å². The second-order valence-electron chi connectivity index (χ2n) is 4.80. The zero-order chi connectivity index (χ0) is 13.8. The van der Waals surface area contributed by atoms with Gasteiger partial charge in [0.05, 0.1) is 17.6 Å². The molecule has 1 aliphatic heterocycles. The fourth-order valence-electron chi connectivity index (χ4n) is 2.41. The topological polar surface area (TPSA) is 75.8 Å². The molecule has 1 N–H and O–H groups in total. The van der Waals surface area contributed by atoms with Crippen molar-refractivity contribution < 1.29 is 14.8 Å². The second-order valence-corrected chi connectivity index (χ2v) is 4.80. The van der Waals surface area contributed by atoms with Crippen LogP contribution in [0.4, 0.5) is 5.69 Å². The standard InChI is InChI=1S/C13H18N2O4/c1-19-9-13(16)8-14-5-4-10-2-3-12(15(17)18)6-11(10)7-14/h2-3,6,13,16H,4-5,7-9H2,1H3/t13-/m0/s1. The van der Waals surface area contributed by atoms with Gasteiger partial charge in [-0.05, 0) is 17.5 Å². The van der Waals surface area contributed by atoms with Crippen molar-refractivity contribution in [1.82, 2.24) is 4.90 Å². The summed E-state index contributed by atoms with van der Waals surface area (Å²) in [6.45, 7) is 2.32. The molecular formula is C13H18N2O4. The Morgan fingerprint density at radius 2 is 2.32 bits per heavy atom. The van der Waals surface area contributed by atoms with Crippen molar-refractivity contribution in [3.8, 4) is 0 Å². The first kappa shape index (κ1) is 13.9. The lowest BCUT2D eigenvalue weighted by Gasteiger charge is -2.30. The van der Waals surface area contributed by atoms with E-state index in [9.17, 15) is 15.2 Å². The average Bonchev–Trinajstić information content (AvgIpc) is 2.38. The third-order valence-electron chi connectivity index (χ3n) is 3.32. The summed E-state index contributed by atoms with van der Waals surface area (Å²) in [6, 6.07) is 5.01. The number of aliphatic hydroxyl groups is 1. The number of nitro benzene ring substituents is 1. The molecule has 0 saturated heterocycles. The second kappa shape index (κ2) is 6.10. The number of rotatable bonds is 5. The van der Waals surface area contributed by atoms with E-state index in [0.29, 0.717) is 19.7 Å². The molecule has 0 amide bonds. The van der Waals surface area contributed by atoms with Crippen LogP contribution in [0.15, 0.2) is 18.2 Å². The van der Waals surface area contributed by atoms with Crippen LogP contribution in [0.25, 0.3) is 0 Å². The maximum absolute atomic E-state index is 10.8. The van der Waals surface area contributed by atoms with E-state index in [4.69, 9.17) is 4.74 Å². The lowest BCUT2D eigenvalue weighted by Crippen LogP contribution is -2.38. The molecule has 0 bridgehead atoms. The maximum Gasteiger partial charge on any atom is 0.269 e. The Morgan fingerprint density at radius 3 is 3.00 bits per heavy atom. The fourth-order valence-corrected chi connectivity index (χ4v) is 2.41. The molecule has 0 saturated carbocycles. The van der Waals surface area contributed by atoms with Crippen molar-refractivity contribution in [2.24, 2.45) is 0 Å². The van der Waals surface area contributed by atoms with Crippen LogP contribution in [0, 0.1) is 10.1 Å². The minimum Gasteiger partial charge on any atom is -0.389 e. The Hall–Kier alpha value is -1.50. The van der Waals surface area contributed by atoms with E-state index < -0.39 is 6.10 Å². The van der Waals surface area contributed by atoms with Crippen molar-refractivity contribution in [3.05, 3.63) is 39.4 Å². The van der Waals surface area contributed by atoms with Gasteiger partial charge >= 0.3 is 0 Å². The molecule has 104 valence electrons. The van der Waals surface area contributed by atoms with Crippen LogP contribution < -0.4 is 0 Å². The molecular weight excluding hydrogens is 248 g/mol. The molecule has 19 heavy (non-hydrogen) atoms. The van der Waals surface area contributed by atoms with Crippen LogP contribution in [0.1, 0.15) is 11.1 Å². The summed E-state index contributed by atoms with van der Waals surface area (Å²) < 4.78 is 4.90. The van der Waals surface area contributed by atoms with E-state index in [1.54, 1.807) is 19.2 Å². The van der Waals surface area contributed by atoms with Gasteiger partial charge in [0, 0.05) is 38.9 Å². The third-order valence-corrected chi connectivity index (χ3v) is 3.32. The average molecular weight is 266 g/mol. The number of hydrogen-bond acceptors (Lipinski definition) is 5. The molecule has 2 rings (SSSR count). The summed E-state index contributed by atoms with van der Waals surface area (Å²) in [5.41, 5.74) is 2.26. The highest BCUT2D eigenvalue weighted by atomic mass is 16.6. The zero-order valence-corrected chi connectivity index (χ0v) is 10.9. The summed E-state index contributed by atoms with van der Waals surface area (Å²) >= 11 is 0. The first-order valence-electron chi connectivity index (χ1n) is 6.25. The van der Waals surface area contributed by atoms with Gasteiger partial charge in [0.15, 0.2) is 0 Å². The van der Waals surface area contributed by atoms with Crippen LogP contribution in [0.2, 0.25) is 0 Å². The smallest absolute Gasteiger partial charge is 0.269 e. The Morgan fingerprint density at radius 1 is 1.53 bits per heavy atom. The van der Waals surface area contributed by atoms with E-state index in [0.717, 1.165) is 24.1 Å². The molecule has 0 unspecified atom stereocenters. The van der Waals surface area contributed by atoms with Gasteiger partial charge in [-0.15, -0.1) is 0 Å². The number of benzene rings is 1. The highest BCUT2D eigenvalue weighted by molar-refractivity contribution is 5.41. The van der Waals surface area contributed by atoms with Crippen LogP contribution >= 0.6 is 0 Å². The van der Waals surface area contributed by atoms with Gasteiger partial charge in [-0.2, -0.15) is 0 Å². The van der Waals surface area contributed by atoms with E-state index >= 15 is 0 Å². The van der Waals surface area contributed by atoms with Crippen LogP contribution in [0.5, 0.6) is 0 Å². The monoisotopic (exact) mass is 266 g/mol. The number of aliphatic hydroxyl groups excluding tert-OH is 1. The van der Waals surface area contributed by atoms with Gasteiger partial charge in [0.25, 0.3) is 5.69 Å². The van der Waals surface area contributed by atoms with E-state index in [1.165, 1.54) is 0 Å². The minimum atomic E-state index is -0.523. The van der Waals surface area contributed by atoms with Crippen molar-refractivity contribution in [2.75, 3.05) is 26.8 Å². The van der Waals surface area contributed by atoms with Crippen molar-refractivity contribution >= 4 is 5.69 Å². The lowest BCUT2D eigenvalue weighted by atomic mass is 9.99. The summed E-state index contributed by atoms with van der Waals surface area (Å²) in [5.74, 6) is 0. The SMILES string of the molecule is COC[C@@H](O)CN1CCc2ccc([N+](=O)[O-])cc2C1. The summed E-state index contributed by atoms with van der Waals surface area (Å²) in [4.78, 5) is 12.5. The number of nitro groups is 1. The highest BCUT2D eigenvalue weighted by Gasteiger charge is 2.20. The first-order chi connectivity index (χ1) is 9.10. The molecule has 0 aliphatic carbocycles. The zero-order valence-electron chi connectivity index (χ0n) is 10.9. The number of ether oxygens (including phenoxy) is 1. The molecule has 6 heteroatoms. The molecule has 1 aliphatic rings. The van der Waals surface area contributed by atoms with Gasteiger partial charge in [0.2, 0.25) is 0 Å². The van der Waals surface area contributed by atoms with Gasteiger partial charge in [-0.3, -0.25) is 15.0 Å². The molecule has 0 aromatic heterocycles. The van der Waals surface area contributed by atoms with Gasteiger partial charge in [0.1, 0.15) is 0 Å². The number of nitrogens with zero attached hydrogens (tertiary/aromatic N) is 2. The maximum atomic E-state index is 10.8. The molecule has 0 radical (unpaired) electrons. The summed E-state index contributed by atoms with van der Waals surface area (Å²) in [7, 11) is 1.55. The molecule has 6 nitrogen and oxygen atoms in total. The summed E-state index contributed by atoms with van der Waals surface area (Å²) in [5, 5.41) is 20.5. The van der Waals surface area contributed by atoms with E-state index in [-0.39, 0.29) is 10.6 Å². The lowest BCUT2D eigenvalue weighted by molar-refractivity contribution is -0.385. The first-order valence-corrected chi connectivity index (χ1v) is 6.25. The van der Waals surface area contributed by atoms with Crippen molar-refractivity contribution in [2.45, 2.75) is 19.1 Å². The Labute approximate surface area is 111 Å². The number of non-ortho nitro benzene ring substituents is 1. The quantitative estimate of drug-likeness (QED) is 0.634. The number of fused-ring (bicyclic) bond motifs is 1. The molecule has 1 aromatic carbocycles. The number of methoxy groups -OCH3 is 1. The van der Waals surface area contributed by atoms with E-state index in [2.05, 4.69) is 4.90 Å². The van der Waals surface area contributed by atoms with Gasteiger partial charge in [-0.1, -0.05) is 6.07 Å². The fraction of sp³-hybridized carbons (Fsp3) is 0.538. The van der Waals surface area contributed by atoms with Gasteiger partial charge in [-0.25, -0.2) is 0 Å². The predicted molar refractivity (Wildman–Crippen MR) is 70.0 cm³/mol. The number of β-amino-alcohol motifs (C(OH)–C–C–N with tert-alkyl or cyclic N) is 1. The number of hydrogen-bond donors (Lipinski definition) is 1. The largest absolute Gasteiger partial charge is 0.389 e. The Balaban J connectivity index is 2.05. The predicted octanol–water partition coefficient (Wildman–Crippen LogP) is 0.960. The van der Waals surface area contributed by atoms with E-state index in [1.807, 2.05) is 6.07 Å². The van der Waals surface area contributed by atoms with Gasteiger partial charge < -0.3 is 9.84 Å². The van der Waals surface area contributed by atoms with Crippen LogP contribution in [-0.4, -0.2) is 47.8 Å². The highest BCUT2D eigenvalue weighted by Crippen LogP contribution is 2.23. The van der Waals surface area contributed by atoms with Crippen LogP contribution in [0.3, 0.4) is 0 Å². The molecule has 1 aromatic rings. The molecule has 0 spiro atoms. The van der Waals surface area contributed by atoms with Crippen LogP contribution in [-0.2, 0) is 17.7 Å².